The molecule has 1 fully saturated rings. The summed E-state index contributed by atoms with van der Waals surface area (Å²) in [6.07, 6.45) is 3.14. The fourth-order valence-electron chi connectivity index (χ4n) is 2.36. The van der Waals surface area contributed by atoms with E-state index in [4.69, 9.17) is 5.11 Å². The van der Waals surface area contributed by atoms with Crippen molar-refractivity contribution in [3.63, 3.8) is 0 Å². The van der Waals surface area contributed by atoms with Gasteiger partial charge in [0.2, 0.25) is 0 Å². The van der Waals surface area contributed by atoms with E-state index in [1.165, 1.54) is 0 Å². The minimum absolute atomic E-state index is 0.0604. The van der Waals surface area contributed by atoms with E-state index in [2.05, 4.69) is 4.98 Å². The molecular formula is C12H16N2O4S. The Balaban J connectivity index is 2.32. The first kappa shape index (κ1) is 13.8. The maximum Gasteiger partial charge on any atom is 0.305 e. The molecule has 1 atom stereocenters. The maximum absolute atomic E-state index is 11.7. The lowest BCUT2D eigenvalue weighted by Crippen LogP contribution is -2.49. The summed E-state index contributed by atoms with van der Waals surface area (Å²) in [6, 6.07) is 1.28. The number of hydrogen-bond acceptors (Lipinski definition) is 5. The zero-order valence-corrected chi connectivity index (χ0v) is 11.4. The SMILES string of the molecule is Cc1cnccc1N1CCS(=O)(=O)CC1CC(=O)O. The van der Waals surface area contributed by atoms with Gasteiger partial charge in [0, 0.05) is 24.6 Å². The van der Waals surface area contributed by atoms with E-state index in [1.807, 2.05) is 11.8 Å². The Hall–Kier alpha value is -1.63. The summed E-state index contributed by atoms with van der Waals surface area (Å²) in [5.74, 6) is -1.04. The van der Waals surface area contributed by atoms with Crippen molar-refractivity contribution in [2.75, 3.05) is 23.0 Å². The Morgan fingerprint density at radius 2 is 2.32 bits per heavy atom. The first-order valence-corrected chi connectivity index (χ1v) is 7.80. The second kappa shape index (κ2) is 5.16. The zero-order chi connectivity index (χ0) is 14.0. The Morgan fingerprint density at radius 1 is 1.58 bits per heavy atom. The van der Waals surface area contributed by atoms with Crippen LogP contribution in [0.2, 0.25) is 0 Å². The van der Waals surface area contributed by atoms with Crippen molar-refractivity contribution in [2.24, 2.45) is 0 Å². The third-order valence-electron chi connectivity index (χ3n) is 3.24. The van der Waals surface area contributed by atoms with Crippen LogP contribution in [0.4, 0.5) is 5.69 Å². The first-order chi connectivity index (χ1) is 8.89. The van der Waals surface area contributed by atoms with Crippen LogP contribution in [0.3, 0.4) is 0 Å². The number of aliphatic carboxylic acids is 1. The Kier molecular flexibility index (Phi) is 3.75. The van der Waals surface area contributed by atoms with E-state index in [0.29, 0.717) is 6.54 Å². The van der Waals surface area contributed by atoms with Crippen molar-refractivity contribution < 1.29 is 18.3 Å². The summed E-state index contributed by atoms with van der Waals surface area (Å²) in [5, 5.41) is 8.94. The number of rotatable bonds is 3. The summed E-state index contributed by atoms with van der Waals surface area (Å²) >= 11 is 0. The molecule has 0 radical (unpaired) electrons. The average Bonchev–Trinajstić information content (AvgIpc) is 2.29. The number of anilines is 1. The standard InChI is InChI=1S/C12H16N2O4S/c1-9-7-13-3-2-11(9)14-4-5-19(17,18)8-10(14)6-12(15)16/h2-3,7,10H,4-6,8H2,1H3,(H,15,16). The highest BCUT2D eigenvalue weighted by molar-refractivity contribution is 7.91. The molecule has 0 saturated carbocycles. The van der Waals surface area contributed by atoms with Gasteiger partial charge in [0.1, 0.15) is 0 Å². The van der Waals surface area contributed by atoms with Gasteiger partial charge in [0.15, 0.2) is 9.84 Å². The summed E-state index contributed by atoms with van der Waals surface area (Å²) in [7, 11) is -3.15. The number of pyridine rings is 1. The number of sulfone groups is 1. The molecule has 1 saturated heterocycles. The van der Waals surface area contributed by atoms with Crippen LogP contribution in [0.25, 0.3) is 0 Å². The van der Waals surface area contributed by atoms with Gasteiger partial charge in [0.05, 0.1) is 24.0 Å². The van der Waals surface area contributed by atoms with Crippen molar-refractivity contribution in [1.29, 1.82) is 0 Å². The summed E-state index contributed by atoms with van der Waals surface area (Å²) in [4.78, 5) is 16.8. The quantitative estimate of drug-likeness (QED) is 0.868. The third kappa shape index (κ3) is 3.23. The Labute approximate surface area is 112 Å². The molecule has 1 aliphatic heterocycles. The Morgan fingerprint density at radius 3 is 2.95 bits per heavy atom. The van der Waals surface area contributed by atoms with Crippen LogP contribution in [0.15, 0.2) is 18.5 Å². The molecule has 19 heavy (non-hydrogen) atoms. The number of carboxylic acids is 1. The summed E-state index contributed by atoms with van der Waals surface area (Å²) < 4.78 is 23.3. The highest BCUT2D eigenvalue weighted by Gasteiger charge is 2.33. The molecule has 1 aromatic heterocycles. The molecule has 1 N–H and O–H groups in total. The van der Waals surface area contributed by atoms with Gasteiger partial charge < -0.3 is 10.0 Å². The molecule has 6 nitrogen and oxygen atoms in total. The lowest BCUT2D eigenvalue weighted by Gasteiger charge is -2.37. The number of aryl methyl sites for hydroxylation is 1. The van der Waals surface area contributed by atoms with E-state index in [9.17, 15) is 13.2 Å². The van der Waals surface area contributed by atoms with Crippen LogP contribution in [-0.4, -0.2) is 48.6 Å². The van der Waals surface area contributed by atoms with Crippen LogP contribution in [-0.2, 0) is 14.6 Å². The fraction of sp³-hybridized carbons (Fsp3) is 0.500. The van der Waals surface area contributed by atoms with E-state index in [0.717, 1.165) is 11.3 Å². The maximum atomic E-state index is 11.7. The molecular weight excluding hydrogens is 268 g/mol. The van der Waals surface area contributed by atoms with Crippen molar-refractivity contribution in [3.05, 3.63) is 24.0 Å². The molecule has 0 spiro atoms. The summed E-state index contributed by atoms with van der Waals surface area (Å²) in [5.41, 5.74) is 1.77. The second-order valence-corrected chi connectivity index (χ2v) is 6.95. The normalized spacial score (nSPS) is 22.2. The zero-order valence-electron chi connectivity index (χ0n) is 10.6. The van der Waals surface area contributed by atoms with Gasteiger partial charge >= 0.3 is 5.97 Å². The van der Waals surface area contributed by atoms with Gasteiger partial charge in [-0.3, -0.25) is 9.78 Å². The van der Waals surface area contributed by atoms with Gasteiger partial charge in [-0.25, -0.2) is 8.42 Å². The molecule has 2 rings (SSSR count). The average molecular weight is 284 g/mol. The van der Waals surface area contributed by atoms with Gasteiger partial charge in [0.25, 0.3) is 0 Å². The largest absolute Gasteiger partial charge is 0.481 e. The molecule has 0 aromatic carbocycles. The van der Waals surface area contributed by atoms with E-state index in [1.54, 1.807) is 18.5 Å². The predicted molar refractivity (Wildman–Crippen MR) is 71.0 cm³/mol. The van der Waals surface area contributed by atoms with Crippen LogP contribution in [0.5, 0.6) is 0 Å². The number of carbonyl (C=O) groups is 1. The van der Waals surface area contributed by atoms with Gasteiger partial charge in [-0.15, -0.1) is 0 Å². The van der Waals surface area contributed by atoms with Crippen LogP contribution in [0.1, 0.15) is 12.0 Å². The van der Waals surface area contributed by atoms with Gasteiger partial charge in [-0.1, -0.05) is 0 Å². The second-order valence-electron chi connectivity index (χ2n) is 4.72. The van der Waals surface area contributed by atoms with Crippen LogP contribution in [0, 0.1) is 6.92 Å². The van der Waals surface area contributed by atoms with E-state index < -0.39 is 21.8 Å². The smallest absolute Gasteiger partial charge is 0.305 e. The molecule has 0 bridgehead atoms. The van der Waals surface area contributed by atoms with Gasteiger partial charge in [-0.05, 0) is 18.6 Å². The lowest BCUT2D eigenvalue weighted by molar-refractivity contribution is -0.137. The van der Waals surface area contributed by atoms with Crippen LogP contribution >= 0.6 is 0 Å². The number of nitrogens with zero attached hydrogens (tertiary/aromatic N) is 2. The minimum Gasteiger partial charge on any atom is -0.481 e. The number of aromatic nitrogens is 1. The highest BCUT2D eigenvalue weighted by atomic mass is 32.2. The summed E-state index contributed by atoms with van der Waals surface area (Å²) in [6.45, 7) is 2.20. The molecule has 1 aliphatic rings. The highest BCUT2D eigenvalue weighted by Crippen LogP contribution is 2.25. The van der Waals surface area contributed by atoms with Gasteiger partial charge in [-0.2, -0.15) is 0 Å². The molecule has 1 unspecified atom stereocenters. The topological polar surface area (TPSA) is 87.6 Å². The molecule has 7 heteroatoms. The number of carboxylic acid groups (broad SMARTS) is 1. The number of hydrogen-bond donors (Lipinski definition) is 1. The van der Waals surface area contributed by atoms with Crippen molar-refractivity contribution in [1.82, 2.24) is 4.98 Å². The molecule has 0 aliphatic carbocycles. The van der Waals surface area contributed by atoms with Crippen molar-refractivity contribution >= 4 is 21.5 Å². The first-order valence-electron chi connectivity index (χ1n) is 5.98. The Bertz CT molecular complexity index is 585. The van der Waals surface area contributed by atoms with Crippen molar-refractivity contribution in [2.45, 2.75) is 19.4 Å². The molecule has 104 valence electrons. The molecule has 2 heterocycles. The fourth-order valence-corrected chi connectivity index (χ4v) is 3.89. The van der Waals surface area contributed by atoms with E-state index >= 15 is 0 Å². The minimum atomic E-state index is -3.15. The van der Waals surface area contributed by atoms with Crippen LogP contribution < -0.4 is 4.90 Å². The third-order valence-corrected chi connectivity index (χ3v) is 4.94. The van der Waals surface area contributed by atoms with E-state index in [-0.39, 0.29) is 17.9 Å². The molecule has 0 amide bonds. The molecule has 1 aromatic rings. The van der Waals surface area contributed by atoms with Crippen molar-refractivity contribution in [3.8, 4) is 0 Å². The predicted octanol–water partition coefficient (Wildman–Crippen LogP) is 0.468. The monoisotopic (exact) mass is 284 g/mol. The lowest BCUT2D eigenvalue weighted by atomic mass is 10.1.